The van der Waals surface area contributed by atoms with Gasteiger partial charge in [-0.05, 0) is 6.92 Å². The van der Waals surface area contributed by atoms with Crippen LogP contribution in [0, 0.1) is 0 Å². The third-order valence-corrected chi connectivity index (χ3v) is 6.19. The molecule has 0 bridgehead atoms. The molecule has 0 saturated carbocycles. The van der Waals surface area contributed by atoms with E-state index >= 15 is 0 Å². The van der Waals surface area contributed by atoms with Crippen molar-refractivity contribution in [3.63, 3.8) is 0 Å². The summed E-state index contributed by atoms with van der Waals surface area (Å²) in [6.07, 6.45) is -27.1. The van der Waals surface area contributed by atoms with Crippen molar-refractivity contribution in [2.45, 2.75) is 91.9 Å². The van der Waals surface area contributed by atoms with Gasteiger partial charge < -0.3 is 70.8 Å². The predicted octanol–water partition coefficient (Wildman–Crippen LogP) is -7.93. The lowest BCUT2D eigenvalue weighted by atomic mass is 9.73. The fourth-order valence-corrected chi connectivity index (χ4v) is 3.99. The first-order valence-electron chi connectivity index (χ1n) is 10.2. The second-order valence-electron chi connectivity index (χ2n) is 8.36. The number of carbonyl (C=O) groups excluding carboxylic acids is 1. The van der Waals surface area contributed by atoms with Crippen LogP contribution in [0.15, 0.2) is 0 Å². The van der Waals surface area contributed by atoms with Crippen molar-refractivity contribution in [2.75, 3.05) is 13.2 Å². The quantitative estimate of drug-likeness (QED) is 0.151. The van der Waals surface area contributed by atoms with Gasteiger partial charge in [-0.3, -0.25) is 4.79 Å². The molecular formula is C18H32O15. The minimum absolute atomic E-state index is 0.952. The molecule has 0 spiro atoms. The van der Waals surface area contributed by atoms with Crippen LogP contribution in [0.25, 0.3) is 0 Å². The zero-order valence-electron chi connectivity index (χ0n) is 17.5. The molecule has 33 heavy (non-hydrogen) atoms. The molecule has 2 heterocycles. The van der Waals surface area contributed by atoms with Gasteiger partial charge >= 0.3 is 0 Å². The maximum absolute atomic E-state index is 13.4. The highest BCUT2D eigenvalue weighted by Crippen LogP contribution is 2.36. The first-order chi connectivity index (χ1) is 15.2. The highest BCUT2D eigenvalue weighted by molar-refractivity contribution is 5.93. The standard InChI is InChI=1S/C18H32O15/c1-4-7(22)10(25)13(28)17(32-4)18(31,15(29)8(23)5(21)2-19)16(30)14-12(27)11(26)9(24)6(3-20)33-14/h4-15,17,19-29,31H,2-3H2,1H3/t4-,5+,6+,7+,8-,9+,10+,11-,12+,13-,14?,15-,17?,18+/m0/s1. The summed E-state index contributed by atoms with van der Waals surface area (Å²) < 4.78 is 10.3. The number of rotatable bonds is 8. The van der Waals surface area contributed by atoms with Gasteiger partial charge in [-0.2, -0.15) is 0 Å². The average molecular weight is 488 g/mol. The molecule has 2 rings (SSSR count). The summed E-state index contributed by atoms with van der Waals surface area (Å²) in [5.41, 5.74) is -3.50. The van der Waals surface area contributed by atoms with Crippen molar-refractivity contribution in [2.24, 2.45) is 0 Å². The molecule has 2 aliphatic heterocycles. The maximum atomic E-state index is 13.4. The lowest BCUT2D eigenvalue weighted by Gasteiger charge is -2.50. The summed E-state index contributed by atoms with van der Waals surface area (Å²) in [4.78, 5) is 13.4. The summed E-state index contributed by atoms with van der Waals surface area (Å²) in [7, 11) is 0. The Balaban J connectivity index is 2.55. The Morgan fingerprint density at radius 3 is 1.91 bits per heavy atom. The Labute approximate surface area is 187 Å². The third-order valence-electron chi connectivity index (χ3n) is 6.19. The second-order valence-corrected chi connectivity index (χ2v) is 8.36. The molecule has 194 valence electrons. The van der Waals surface area contributed by atoms with E-state index in [0.717, 1.165) is 0 Å². The van der Waals surface area contributed by atoms with Crippen molar-refractivity contribution in [1.82, 2.24) is 0 Å². The summed E-state index contributed by atoms with van der Waals surface area (Å²) in [5, 5.41) is 121. The number of carbonyl (C=O) groups is 1. The van der Waals surface area contributed by atoms with Gasteiger partial charge in [-0.15, -0.1) is 0 Å². The van der Waals surface area contributed by atoms with Gasteiger partial charge in [-0.1, -0.05) is 0 Å². The highest BCUT2D eigenvalue weighted by Gasteiger charge is 2.63. The van der Waals surface area contributed by atoms with Crippen LogP contribution in [0.4, 0.5) is 0 Å². The topological polar surface area (TPSA) is 278 Å². The van der Waals surface area contributed by atoms with Gasteiger partial charge in [-0.25, -0.2) is 0 Å². The molecule has 0 aliphatic carbocycles. The zero-order valence-corrected chi connectivity index (χ0v) is 17.5. The van der Waals surface area contributed by atoms with E-state index < -0.39 is 104 Å². The largest absolute Gasteiger partial charge is 0.394 e. The summed E-state index contributed by atoms with van der Waals surface area (Å²) >= 11 is 0. The van der Waals surface area contributed by atoms with Crippen molar-refractivity contribution < 1.29 is 75.5 Å². The minimum atomic E-state index is -3.50. The SMILES string of the molecule is C[C@@H]1OC([C@](O)(C(=O)C2O[C@H](CO)[C@@H](O)[C@H](O)[C@H]2O)[C@@H](O)[C@@H](O)[C@H](O)CO)[C@@H](O)[C@H](O)[C@@H]1O. The molecule has 2 saturated heterocycles. The number of Topliss-reactive ketones (excluding diaryl/α,β-unsaturated/α-hetero) is 1. The van der Waals surface area contributed by atoms with Crippen molar-refractivity contribution >= 4 is 5.78 Å². The molecule has 0 aromatic heterocycles. The normalized spacial score (nSPS) is 44.5. The molecular weight excluding hydrogens is 456 g/mol. The Kier molecular flexibility index (Phi) is 9.28. The van der Waals surface area contributed by atoms with E-state index in [0.29, 0.717) is 0 Å². The third kappa shape index (κ3) is 4.93. The predicted molar refractivity (Wildman–Crippen MR) is 101 cm³/mol. The van der Waals surface area contributed by atoms with Gasteiger partial charge in [0.15, 0.2) is 5.60 Å². The van der Waals surface area contributed by atoms with Gasteiger partial charge in [0, 0.05) is 0 Å². The maximum Gasteiger partial charge on any atom is 0.201 e. The molecule has 0 radical (unpaired) electrons. The molecule has 0 aromatic rings. The van der Waals surface area contributed by atoms with E-state index in [9.17, 15) is 61.0 Å². The minimum Gasteiger partial charge on any atom is -0.394 e. The lowest BCUT2D eigenvalue weighted by molar-refractivity contribution is -0.287. The second kappa shape index (κ2) is 10.8. The van der Waals surface area contributed by atoms with Gasteiger partial charge in [0.1, 0.15) is 73.2 Å². The fourth-order valence-electron chi connectivity index (χ4n) is 3.99. The Bertz CT molecular complexity index is 663. The van der Waals surface area contributed by atoms with E-state index in [1.807, 2.05) is 0 Å². The summed E-state index contributed by atoms with van der Waals surface area (Å²) in [5.74, 6) is -1.74. The van der Waals surface area contributed by atoms with Crippen LogP contribution in [0.3, 0.4) is 0 Å². The molecule has 2 fully saturated rings. The van der Waals surface area contributed by atoms with Crippen LogP contribution in [-0.4, -0.2) is 165 Å². The van der Waals surface area contributed by atoms with E-state index in [2.05, 4.69) is 0 Å². The number of ketones is 1. The van der Waals surface area contributed by atoms with Crippen LogP contribution in [0.5, 0.6) is 0 Å². The number of hydrogen-bond donors (Lipinski definition) is 12. The first-order valence-corrected chi connectivity index (χ1v) is 10.2. The molecule has 12 N–H and O–H groups in total. The fraction of sp³-hybridized carbons (Fsp3) is 0.944. The zero-order chi connectivity index (χ0) is 25.4. The smallest absolute Gasteiger partial charge is 0.201 e. The van der Waals surface area contributed by atoms with Crippen LogP contribution in [0.2, 0.25) is 0 Å². The molecule has 0 amide bonds. The molecule has 15 nitrogen and oxygen atoms in total. The van der Waals surface area contributed by atoms with Gasteiger partial charge in [0.25, 0.3) is 0 Å². The molecule has 0 aromatic carbocycles. The Morgan fingerprint density at radius 1 is 0.848 bits per heavy atom. The Hall–Kier alpha value is -0.890. The van der Waals surface area contributed by atoms with E-state index in [4.69, 9.17) is 14.6 Å². The van der Waals surface area contributed by atoms with Gasteiger partial charge in [0.2, 0.25) is 5.78 Å². The molecule has 14 atom stereocenters. The van der Waals surface area contributed by atoms with Crippen LogP contribution in [0.1, 0.15) is 6.92 Å². The van der Waals surface area contributed by atoms with E-state index in [-0.39, 0.29) is 0 Å². The average Bonchev–Trinajstić information content (AvgIpc) is 2.81. The first kappa shape index (κ1) is 28.3. The summed E-state index contributed by atoms with van der Waals surface area (Å²) in [6, 6.07) is 0. The van der Waals surface area contributed by atoms with Crippen molar-refractivity contribution in [3.8, 4) is 0 Å². The van der Waals surface area contributed by atoms with E-state index in [1.165, 1.54) is 6.92 Å². The summed E-state index contributed by atoms with van der Waals surface area (Å²) in [6.45, 7) is -0.919. The highest BCUT2D eigenvalue weighted by atomic mass is 16.6. The van der Waals surface area contributed by atoms with Crippen LogP contribution >= 0.6 is 0 Å². The number of aliphatic hydroxyl groups excluding tert-OH is 11. The molecule has 15 heteroatoms. The Morgan fingerprint density at radius 2 is 1.39 bits per heavy atom. The molecule has 2 unspecified atom stereocenters. The van der Waals surface area contributed by atoms with Gasteiger partial charge in [0.05, 0.1) is 19.3 Å². The van der Waals surface area contributed by atoms with Crippen LogP contribution in [-0.2, 0) is 14.3 Å². The lowest BCUT2D eigenvalue weighted by Crippen LogP contribution is -2.75. The molecule has 2 aliphatic rings. The van der Waals surface area contributed by atoms with Crippen molar-refractivity contribution in [3.05, 3.63) is 0 Å². The van der Waals surface area contributed by atoms with E-state index in [1.54, 1.807) is 0 Å². The number of hydrogen-bond acceptors (Lipinski definition) is 15. The van der Waals surface area contributed by atoms with Crippen LogP contribution < -0.4 is 0 Å². The van der Waals surface area contributed by atoms with Crippen molar-refractivity contribution in [1.29, 1.82) is 0 Å². The number of aliphatic hydroxyl groups is 12. The monoisotopic (exact) mass is 488 g/mol. The number of ether oxygens (including phenoxy) is 2.